The summed E-state index contributed by atoms with van der Waals surface area (Å²) in [6.07, 6.45) is 1.87. The Hall–Kier alpha value is -3.66. The Bertz CT molecular complexity index is 1080. The van der Waals surface area contributed by atoms with Crippen LogP contribution in [0.2, 0.25) is 0 Å². The number of carbonyl (C=O) groups is 1. The maximum atomic E-state index is 12.8. The number of benzene rings is 3. The van der Waals surface area contributed by atoms with Crippen LogP contribution in [0.5, 0.6) is 5.75 Å². The molecule has 4 heteroatoms. The van der Waals surface area contributed by atoms with Gasteiger partial charge in [-0.15, -0.1) is 0 Å². The fourth-order valence-electron chi connectivity index (χ4n) is 3.19. The van der Waals surface area contributed by atoms with E-state index in [-0.39, 0.29) is 5.91 Å². The highest BCUT2D eigenvalue weighted by Gasteiger charge is 2.28. The van der Waals surface area contributed by atoms with E-state index < -0.39 is 0 Å². The van der Waals surface area contributed by atoms with Crippen molar-refractivity contribution in [3.8, 4) is 5.75 Å². The van der Waals surface area contributed by atoms with Gasteiger partial charge in [0, 0.05) is 0 Å². The molecule has 0 atom stereocenters. The first-order valence-corrected chi connectivity index (χ1v) is 9.56. The number of nitrogens with zero attached hydrogens (tertiary/aromatic N) is 2. The molecule has 0 unspecified atom stereocenters. The molecule has 3 aromatic carbocycles. The monoisotopic (exact) mass is 382 g/mol. The Morgan fingerprint density at radius 3 is 2.31 bits per heavy atom. The molecule has 0 fully saturated rings. The van der Waals surface area contributed by atoms with Crippen LogP contribution < -0.4 is 9.75 Å². The number of rotatable bonds is 5. The molecule has 0 saturated carbocycles. The van der Waals surface area contributed by atoms with E-state index >= 15 is 0 Å². The lowest BCUT2D eigenvalue weighted by Crippen LogP contribution is -2.21. The second-order valence-corrected chi connectivity index (χ2v) is 6.98. The summed E-state index contributed by atoms with van der Waals surface area (Å²) in [5, 5.41) is 5.86. The Labute approximate surface area is 170 Å². The molecule has 4 rings (SSSR count). The Kier molecular flexibility index (Phi) is 5.25. The van der Waals surface area contributed by atoms with E-state index in [1.54, 1.807) is 0 Å². The first kappa shape index (κ1) is 18.7. The molecule has 144 valence electrons. The first-order chi connectivity index (χ1) is 14.1. The van der Waals surface area contributed by atoms with Gasteiger partial charge < -0.3 is 4.74 Å². The molecule has 3 aromatic rings. The third-order valence-electron chi connectivity index (χ3n) is 4.91. The van der Waals surface area contributed by atoms with Gasteiger partial charge in [0.05, 0.1) is 17.0 Å². The van der Waals surface area contributed by atoms with Crippen LogP contribution in [0.3, 0.4) is 0 Å². The van der Waals surface area contributed by atoms with Gasteiger partial charge in [0.25, 0.3) is 5.91 Å². The average molecular weight is 382 g/mol. The minimum atomic E-state index is -0.117. The van der Waals surface area contributed by atoms with Crippen molar-refractivity contribution in [2.45, 2.75) is 20.5 Å². The van der Waals surface area contributed by atoms with E-state index in [4.69, 9.17) is 4.74 Å². The van der Waals surface area contributed by atoms with Gasteiger partial charge in [-0.05, 0) is 60.9 Å². The number of hydrogen-bond donors (Lipinski definition) is 0. The summed E-state index contributed by atoms with van der Waals surface area (Å²) in [6.45, 7) is 4.46. The van der Waals surface area contributed by atoms with Crippen LogP contribution in [0.1, 0.15) is 23.6 Å². The number of hydrogen-bond acceptors (Lipinski definition) is 3. The lowest BCUT2D eigenvalue weighted by molar-refractivity contribution is -0.114. The van der Waals surface area contributed by atoms with E-state index in [0.717, 1.165) is 17.0 Å². The molecule has 29 heavy (non-hydrogen) atoms. The van der Waals surface area contributed by atoms with Gasteiger partial charge in [-0.2, -0.15) is 10.1 Å². The van der Waals surface area contributed by atoms with Crippen molar-refractivity contribution < 1.29 is 9.53 Å². The van der Waals surface area contributed by atoms with Crippen molar-refractivity contribution in [2.24, 2.45) is 5.10 Å². The summed E-state index contributed by atoms with van der Waals surface area (Å²) in [5.41, 5.74) is 5.39. The number of aryl methyl sites for hydroxylation is 1. The SMILES string of the molecule is CC1=NN(c2ccccc2)C(=O)/C1=C/c1ccc(OCc2ccccc2C)cc1. The number of carbonyl (C=O) groups excluding carboxylic acids is 1. The predicted molar refractivity (Wildman–Crippen MR) is 117 cm³/mol. The van der Waals surface area contributed by atoms with Crippen LogP contribution in [0.25, 0.3) is 6.08 Å². The van der Waals surface area contributed by atoms with E-state index in [9.17, 15) is 4.79 Å². The maximum Gasteiger partial charge on any atom is 0.280 e. The lowest BCUT2D eigenvalue weighted by atomic mass is 10.1. The zero-order chi connectivity index (χ0) is 20.2. The van der Waals surface area contributed by atoms with Crippen molar-refractivity contribution in [3.63, 3.8) is 0 Å². The van der Waals surface area contributed by atoms with Crippen molar-refractivity contribution in [1.82, 2.24) is 0 Å². The molecule has 1 aliphatic heterocycles. The molecule has 1 aliphatic rings. The summed E-state index contributed by atoms with van der Waals surface area (Å²) in [7, 11) is 0. The molecule has 0 saturated heterocycles. The zero-order valence-electron chi connectivity index (χ0n) is 16.5. The number of para-hydroxylation sites is 1. The number of hydrazone groups is 1. The molecule has 0 N–H and O–H groups in total. The molecule has 0 aliphatic carbocycles. The Morgan fingerprint density at radius 1 is 0.897 bits per heavy atom. The maximum absolute atomic E-state index is 12.8. The largest absolute Gasteiger partial charge is 0.489 e. The summed E-state index contributed by atoms with van der Waals surface area (Å²) < 4.78 is 5.90. The van der Waals surface area contributed by atoms with Gasteiger partial charge in [-0.3, -0.25) is 4.79 Å². The van der Waals surface area contributed by atoms with Gasteiger partial charge in [0.2, 0.25) is 0 Å². The molecule has 1 amide bonds. The van der Waals surface area contributed by atoms with Crippen LogP contribution in [0, 0.1) is 6.92 Å². The Balaban J connectivity index is 1.47. The lowest BCUT2D eigenvalue weighted by Gasteiger charge is -2.11. The van der Waals surface area contributed by atoms with Crippen molar-refractivity contribution in [1.29, 1.82) is 0 Å². The predicted octanol–water partition coefficient (Wildman–Crippen LogP) is 5.38. The van der Waals surface area contributed by atoms with Crippen LogP contribution >= 0.6 is 0 Å². The second-order valence-electron chi connectivity index (χ2n) is 6.98. The van der Waals surface area contributed by atoms with E-state index in [2.05, 4.69) is 24.2 Å². The van der Waals surface area contributed by atoms with Gasteiger partial charge in [0.15, 0.2) is 0 Å². The molecular formula is C25H22N2O2. The molecule has 0 radical (unpaired) electrons. The Morgan fingerprint density at radius 2 is 1.59 bits per heavy atom. The molecule has 4 nitrogen and oxygen atoms in total. The smallest absolute Gasteiger partial charge is 0.280 e. The van der Waals surface area contributed by atoms with Crippen LogP contribution in [-0.2, 0) is 11.4 Å². The topological polar surface area (TPSA) is 41.9 Å². The van der Waals surface area contributed by atoms with Crippen LogP contribution in [0.15, 0.2) is 89.5 Å². The highest BCUT2D eigenvalue weighted by molar-refractivity contribution is 6.32. The normalized spacial score (nSPS) is 15.0. The average Bonchev–Trinajstić information content (AvgIpc) is 3.03. The van der Waals surface area contributed by atoms with Gasteiger partial charge in [0.1, 0.15) is 12.4 Å². The fourth-order valence-corrected chi connectivity index (χ4v) is 3.19. The first-order valence-electron chi connectivity index (χ1n) is 9.56. The molecular weight excluding hydrogens is 360 g/mol. The molecule has 0 aromatic heterocycles. The van der Waals surface area contributed by atoms with E-state index in [0.29, 0.717) is 17.9 Å². The van der Waals surface area contributed by atoms with Gasteiger partial charge in [-0.25, -0.2) is 0 Å². The number of ether oxygens (including phenoxy) is 1. The van der Waals surface area contributed by atoms with Crippen LogP contribution in [0.4, 0.5) is 5.69 Å². The van der Waals surface area contributed by atoms with Gasteiger partial charge in [-0.1, -0.05) is 54.6 Å². The summed E-state index contributed by atoms with van der Waals surface area (Å²) in [6, 6.07) is 25.4. The third kappa shape index (κ3) is 4.11. The van der Waals surface area contributed by atoms with Crippen LogP contribution in [-0.4, -0.2) is 11.6 Å². The van der Waals surface area contributed by atoms with Crippen molar-refractivity contribution in [3.05, 3.63) is 101 Å². The van der Waals surface area contributed by atoms with E-state index in [1.807, 2.05) is 79.7 Å². The molecule has 0 spiro atoms. The zero-order valence-corrected chi connectivity index (χ0v) is 16.5. The van der Waals surface area contributed by atoms with Gasteiger partial charge >= 0.3 is 0 Å². The summed E-state index contributed by atoms with van der Waals surface area (Å²) >= 11 is 0. The number of anilines is 1. The summed E-state index contributed by atoms with van der Waals surface area (Å²) in [5.74, 6) is 0.679. The minimum absolute atomic E-state index is 0.117. The summed E-state index contributed by atoms with van der Waals surface area (Å²) in [4.78, 5) is 12.8. The van der Waals surface area contributed by atoms with E-state index in [1.165, 1.54) is 16.1 Å². The highest BCUT2D eigenvalue weighted by atomic mass is 16.5. The fraction of sp³-hybridized carbons (Fsp3) is 0.120. The molecule has 0 bridgehead atoms. The van der Waals surface area contributed by atoms with Crippen molar-refractivity contribution >= 4 is 23.4 Å². The second kappa shape index (κ2) is 8.15. The quantitative estimate of drug-likeness (QED) is 0.556. The molecule has 1 heterocycles. The minimum Gasteiger partial charge on any atom is -0.489 e. The number of amides is 1. The standard InChI is InChI=1S/C25H22N2O2/c1-18-8-6-7-9-21(18)17-29-23-14-12-20(13-15-23)16-24-19(2)26-27(25(24)28)22-10-4-3-5-11-22/h3-16H,17H2,1-2H3/b24-16+. The van der Waals surface area contributed by atoms with Crippen molar-refractivity contribution in [2.75, 3.05) is 5.01 Å². The third-order valence-corrected chi connectivity index (χ3v) is 4.91. The highest BCUT2D eigenvalue weighted by Crippen LogP contribution is 2.25.